The zero-order chi connectivity index (χ0) is 19.3. The van der Waals surface area contributed by atoms with E-state index in [4.69, 9.17) is 16.3 Å². The molecule has 26 heavy (non-hydrogen) atoms. The second kappa shape index (κ2) is 8.23. The molecule has 0 heterocycles. The lowest BCUT2D eigenvalue weighted by molar-refractivity contribution is -0.122. The van der Waals surface area contributed by atoms with E-state index in [0.717, 1.165) is 0 Å². The molecule has 0 saturated heterocycles. The van der Waals surface area contributed by atoms with E-state index < -0.39 is 6.10 Å². The SMILES string of the molecule is CC(Oc1ccc(Cl)cc1)C(=O)Nc1ccccc1C(=O)NC(C)(C)C. The van der Waals surface area contributed by atoms with Crippen molar-refractivity contribution in [1.82, 2.24) is 5.32 Å². The highest BCUT2D eigenvalue weighted by Gasteiger charge is 2.21. The van der Waals surface area contributed by atoms with Crippen molar-refractivity contribution in [1.29, 1.82) is 0 Å². The van der Waals surface area contributed by atoms with Gasteiger partial charge in [-0.25, -0.2) is 0 Å². The quantitative estimate of drug-likeness (QED) is 0.821. The molecule has 0 spiro atoms. The van der Waals surface area contributed by atoms with Crippen molar-refractivity contribution in [2.75, 3.05) is 5.32 Å². The Morgan fingerprint density at radius 1 is 1.04 bits per heavy atom. The molecule has 2 amide bonds. The minimum Gasteiger partial charge on any atom is -0.481 e. The third-order valence-electron chi connectivity index (χ3n) is 3.41. The number of benzene rings is 2. The molecule has 5 nitrogen and oxygen atoms in total. The van der Waals surface area contributed by atoms with Gasteiger partial charge in [0.05, 0.1) is 11.3 Å². The van der Waals surface area contributed by atoms with E-state index >= 15 is 0 Å². The van der Waals surface area contributed by atoms with Gasteiger partial charge < -0.3 is 15.4 Å². The van der Waals surface area contributed by atoms with Gasteiger partial charge in [-0.3, -0.25) is 9.59 Å². The highest BCUT2D eigenvalue weighted by molar-refractivity contribution is 6.30. The van der Waals surface area contributed by atoms with Crippen molar-refractivity contribution < 1.29 is 14.3 Å². The fourth-order valence-corrected chi connectivity index (χ4v) is 2.33. The van der Waals surface area contributed by atoms with Gasteiger partial charge in [0.15, 0.2) is 6.10 Å². The predicted octanol–water partition coefficient (Wildman–Crippen LogP) is 4.27. The Labute approximate surface area is 158 Å². The standard InChI is InChI=1S/C20H23ClN2O3/c1-13(26-15-11-9-14(21)10-12-15)18(24)22-17-8-6-5-7-16(17)19(25)23-20(2,3)4/h5-13H,1-4H3,(H,22,24)(H,23,25). The van der Waals surface area contributed by atoms with Crippen LogP contribution in [0.1, 0.15) is 38.1 Å². The van der Waals surface area contributed by atoms with E-state index in [1.807, 2.05) is 20.8 Å². The summed E-state index contributed by atoms with van der Waals surface area (Å²) < 4.78 is 5.61. The van der Waals surface area contributed by atoms with Gasteiger partial charge in [0.25, 0.3) is 11.8 Å². The van der Waals surface area contributed by atoms with Crippen molar-refractivity contribution in [3.05, 3.63) is 59.1 Å². The maximum atomic E-state index is 12.4. The van der Waals surface area contributed by atoms with Gasteiger partial charge in [-0.15, -0.1) is 0 Å². The molecule has 2 aromatic rings. The highest BCUT2D eigenvalue weighted by atomic mass is 35.5. The summed E-state index contributed by atoms with van der Waals surface area (Å²) in [4.78, 5) is 24.9. The van der Waals surface area contributed by atoms with Gasteiger partial charge >= 0.3 is 0 Å². The van der Waals surface area contributed by atoms with Crippen molar-refractivity contribution in [2.24, 2.45) is 0 Å². The Morgan fingerprint density at radius 3 is 2.27 bits per heavy atom. The number of halogens is 1. The van der Waals surface area contributed by atoms with Crippen LogP contribution < -0.4 is 15.4 Å². The molecular formula is C20H23ClN2O3. The molecule has 0 aromatic heterocycles. The fourth-order valence-electron chi connectivity index (χ4n) is 2.20. The minimum atomic E-state index is -0.741. The van der Waals surface area contributed by atoms with Crippen molar-refractivity contribution in [3.8, 4) is 5.75 Å². The number of nitrogens with one attached hydrogen (secondary N) is 2. The summed E-state index contributed by atoms with van der Waals surface area (Å²) in [5.74, 6) is -0.0635. The van der Waals surface area contributed by atoms with Gasteiger partial charge in [0, 0.05) is 10.6 Å². The third kappa shape index (κ3) is 5.77. The van der Waals surface area contributed by atoms with Crippen molar-refractivity contribution in [3.63, 3.8) is 0 Å². The molecule has 0 aliphatic carbocycles. The summed E-state index contributed by atoms with van der Waals surface area (Å²) >= 11 is 5.84. The van der Waals surface area contributed by atoms with Gasteiger partial charge in [0.1, 0.15) is 5.75 Å². The first kappa shape index (κ1) is 19.8. The molecule has 1 unspecified atom stereocenters. The monoisotopic (exact) mass is 374 g/mol. The van der Waals surface area contributed by atoms with E-state index in [9.17, 15) is 9.59 Å². The fraction of sp³-hybridized carbons (Fsp3) is 0.300. The average Bonchev–Trinajstić information content (AvgIpc) is 2.55. The van der Waals surface area contributed by atoms with Crippen molar-refractivity contribution in [2.45, 2.75) is 39.3 Å². The zero-order valence-electron chi connectivity index (χ0n) is 15.3. The smallest absolute Gasteiger partial charge is 0.265 e. The van der Waals surface area contributed by atoms with Gasteiger partial charge in [-0.1, -0.05) is 23.7 Å². The molecular weight excluding hydrogens is 352 g/mol. The van der Waals surface area contributed by atoms with E-state index in [-0.39, 0.29) is 17.4 Å². The molecule has 1 atom stereocenters. The Balaban J connectivity index is 2.08. The van der Waals surface area contributed by atoms with Crippen LogP contribution in [0.15, 0.2) is 48.5 Å². The average molecular weight is 375 g/mol. The Hall–Kier alpha value is -2.53. The second-order valence-corrected chi connectivity index (χ2v) is 7.39. The number of hydrogen-bond acceptors (Lipinski definition) is 3. The Kier molecular flexibility index (Phi) is 6.27. The first-order chi connectivity index (χ1) is 12.2. The molecule has 2 aromatic carbocycles. The largest absolute Gasteiger partial charge is 0.481 e. The van der Waals surface area contributed by atoms with Gasteiger partial charge in [-0.05, 0) is 64.1 Å². The molecule has 0 fully saturated rings. The van der Waals surface area contributed by atoms with Crippen LogP contribution in [0.5, 0.6) is 5.75 Å². The second-order valence-electron chi connectivity index (χ2n) is 6.95. The molecule has 0 bridgehead atoms. The summed E-state index contributed by atoms with van der Waals surface area (Å²) in [6.45, 7) is 7.33. The van der Waals surface area contributed by atoms with Crippen LogP contribution in [0.3, 0.4) is 0 Å². The molecule has 0 radical (unpaired) electrons. The molecule has 138 valence electrons. The number of rotatable bonds is 5. The number of carbonyl (C=O) groups is 2. The lowest BCUT2D eigenvalue weighted by atomic mass is 10.1. The van der Waals surface area contributed by atoms with Crippen LogP contribution in [-0.2, 0) is 4.79 Å². The number of ether oxygens (including phenoxy) is 1. The number of anilines is 1. The summed E-state index contributed by atoms with van der Waals surface area (Å²) in [6.07, 6.45) is -0.741. The van der Waals surface area contributed by atoms with E-state index in [1.54, 1.807) is 55.5 Å². The lowest BCUT2D eigenvalue weighted by Gasteiger charge is -2.22. The molecule has 2 N–H and O–H groups in total. The van der Waals surface area contributed by atoms with Crippen LogP contribution in [0.2, 0.25) is 5.02 Å². The predicted molar refractivity (Wildman–Crippen MR) is 104 cm³/mol. The maximum Gasteiger partial charge on any atom is 0.265 e. The summed E-state index contributed by atoms with van der Waals surface area (Å²) in [6, 6.07) is 13.6. The van der Waals surface area contributed by atoms with E-state index in [1.165, 1.54) is 0 Å². The number of amides is 2. The topological polar surface area (TPSA) is 67.4 Å². The van der Waals surface area contributed by atoms with Crippen LogP contribution in [0.4, 0.5) is 5.69 Å². The molecule has 0 saturated carbocycles. The molecule has 6 heteroatoms. The zero-order valence-corrected chi connectivity index (χ0v) is 16.1. The number of para-hydroxylation sites is 1. The summed E-state index contributed by atoms with van der Waals surface area (Å²) in [5.41, 5.74) is 0.458. The molecule has 2 rings (SSSR count). The summed E-state index contributed by atoms with van der Waals surface area (Å²) in [5, 5.41) is 6.24. The van der Waals surface area contributed by atoms with Gasteiger partial charge in [0.2, 0.25) is 0 Å². The van der Waals surface area contributed by atoms with Gasteiger partial charge in [-0.2, -0.15) is 0 Å². The van der Waals surface area contributed by atoms with Crippen LogP contribution >= 0.6 is 11.6 Å². The maximum absolute atomic E-state index is 12.4. The normalized spacial score (nSPS) is 12.2. The minimum absolute atomic E-state index is 0.250. The number of carbonyl (C=O) groups excluding carboxylic acids is 2. The first-order valence-electron chi connectivity index (χ1n) is 8.30. The van der Waals surface area contributed by atoms with E-state index in [0.29, 0.717) is 22.0 Å². The number of hydrogen-bond donors (Lipinski definition) is 2. The third-order valence-corrected chi connectivity index (χ3v) is 3.67. The van der Waals surface area contributed by atoms with Crippen molar-refractivity contribution >= 4 is 29.1 Å². The Bertz CT molecular complexity index is 782. The van der Waals surface area contributed by atoms with E-state index in [2.05, 4.69) is 10.6 Å². The molecule has 0 aliphatic rings. The summed E-state index contributed by atoms with van der Waals surface area (Å²) in [7, 11) is 0. The first-order valence-corrected chi connectivity index (χ1v) is 8.68. The Morgan fingerprint density at radius 2 is 1.65 bits per heavy atom. The lowest BCUT2D eigenvalue weighted by Crippen LogP contribution is -2.41. The van der Waals surface area contributed by atoms with Crippen LogP contribution in [-0.4, -0.2) is 23.5 Å². The molecule has 0 aliphatic heterocycles. The highest BCUT2D eigenvalue weighted by Crippen LogP contribution is 2.19. The van der Waals surface area contributed by atoms with Crippen LogP contribution in [0.25, 0.3) is 0 Å². The van der Waals surface area contributed by atoms with Crippen LogP contribution in [0, 0.1) is 0 Å².